The molecule has 1 saturated heterocycles. The fraction of sp³-hybridized carbons (Fsp3) is 0.200. The molecule has 3 aromatic carbocycles. The summed E-state index contributed by atoms with van der Waals surface area (Å²) in [5, 5.41) is -0.486. The molecule has 3 aliphatic carbocycles. The zero-order chi connectivity index (χ0) is 23.3. The minimum atomic E-state index is -4.71. The Balaban J connectivity index is 1.56. The molecule has 1 fully saturated rings. The summed E-state index contributed by atoms with van der Waals surface area (Å²) in [5.74, 6) is -2.90. The second-order valence-electron chi connectivity index (χ2n) is 8.54. The van der Waals surface area contributed by atoms with Crippen molar-refractivity contribution in [1.82, 2.24) is 0 Å². The maximum absolute atomic E-state index is 13.8. The van der Waals surface area contributed by atoms with Crippen molar-refractivity contribution in [2.24, 2.45) is 11.8 Å². The molecule has 1 aliphatic heterocycles. The number of halogens is 5. The first-order chi connectivity index (χ1) is 15.7. The van der Waals surface area contributed by atoms with Crippen LogP contribution in [0.3, 0.4) is 0 Å². The Morgan fingerprint density at radius 1 is 0.879 bits per heavy atom. The molecule has 2 atom stereocenters. The van der Waals surface area contributed by atoms with Crippen LogP contribution in [0.25, 0.3) is 0 Å². The third-order valence-corrected chi connectivity index (χ3v) is 8.71. The summed E-state index contributed by atoms with van der Waals surface area (Å²) in [5.41, 5.74) is 2.50. The molecule has 1 heterocycles. The third kappa shape index (κ3) is 2.58. The monoisotopic (exact) mass is 531 g/mol. The van der Waals surface area contributed by atoms with Crippen LogP contribution in [-0.4, -0.2) is 11.8 Å². The minimum Gasteiger partial charge on any atom is -0.274 e. The normalized spacial score (nSPS) is 27.4. The molecule has 7 rings (SSSR count). The summed E-state index contributed by atoms with van der Waals surface area (Å²) in [6.45, 7) is 0. The van der Waals surface area contributed by atoms with E-state index in [1.807, 2.05) is 48.5 Å². The predicted octanol–water partition coefficient (Wildman–Crippen LogP) is 6.26. The molecule has 0 radical (unpaired) electrons. The number of hydrogen-bond acceptors (Lipinski definition) is 2. The van der Waals surface area contributed by atoms with Crippen LogP contribution < -0.4 is 4.90 Å². The molecule has 0 N–H and O–H groups in total. The molecule has 0 aromatic heterocycles. The van der Waals surface area contributed by atoms with Crippen molar-refractivity contribution < 1.29 is 22.8 Å². The number of hydrogen-bond donors (Lipinski definition) is 0. The predicted molar refractivity (Wildman–Crippen MR) is 120 cm³/mol. The lowest BCUT2D eigenvalue weighted by molar-refractivity contribution is -0.137. The van der Waals surface area contributed by atoms with Gasteiger partial charge in [-0.1, -0.05) is 76.1 Å². The van der Waals surface area contributed by atoms with Gasteiger partial charge in [-0.25, -0.2) is 4.90 Å². The van der Waals surface area contributed by atoms with Crippen LogP contribution in [0.1, 0.15) is 33.7 Å². The molecule has 0 spiro atoms. The van der Waals surface area contributed by atoms with Gasteiger partial charge in [0, 0.05) is 5.92 Å². The van der Waals surface area contributed by atoms with Gasteiger partial charge in [0.05, 0.1) is 32.4 Å². The van der Waals surface area contributed by atoms with Crippen molar-refractivity contribution in [3.8, 4) is 0 Å². The van der Waals surface area contributed by atoms with Gasteiger partial charge in [-0.2, -0.15) is 13.2 Å². The first-order valence-electron chi connectivity index (χ1n) is 10.3. The summed E-state index contributed by atoms with van der Waals surface area (Å²) in [6.07, 6.45) is -4.71. The average Bonchev–Trinajstić information content (AvgIpc) is 3.05. The number of carbonyl (C=O) groups excluding carboxylic acids is 2. The van der Waals surface area contributed by atoms with E-state index >= 15 is 0 Å². The Labute approximate surface area is 200 Å². The lowest BCUT2D eigenvalue weighted by Gasteiger charge is -2.51. The number of amides is 2. The lowest BCUT2D eigenvalue weighted by atomic mass is 9.55. The van der Waals surface area contributed by atoms with Crippen LogP contribution in [0.2, 0.25) is 5.02 Å². The van der Waals surface area contributed by atoms with E-state index in [0.29, 0.717) is 0 Å². The highest BCUT2D eigenvalue weighted by Crippen LogP contribution is 2.66. The number of alkyl halides is 4. The van der Waals surface area contributed by atoms with Gasteiger partial charge in [-0.05, 0) is 40.5 Å². The van der Waals surface area contributed by atoms with E-state index in [1.165, 1.54) is 6.07 Å². The quantitative estimate of drug-likeness (QED) is 0.274. The van der Waals surface area contributed by atoms with Crippen LogP contribution in [0.15, 0.2) is 66.7 Å². The Hall–Kier alpha value is -2.64. The molecule has 8 heteroatoms. The number of anilines is 1. The Morgan fingerprint density at radius 3 is 2.03 bits per heavy atom. The molecule has 2 amide bonds. The summed E-state index contributed by atoms with van der Waals surface area (Å²) in [4.78, 5) is 28.4. The SMILES string of the molecule is O=C1[C@@H]2C3c4ccccc4C(Br)(c4ccccc43)[C@H]2C(=O)N1c1ccc(Cl)c(C(F)(F)F)c1. The van der Waals surface area contributed by atoms with Crippen molar-refractivity contribution in [1.29, 1.82) is 0 Å². The highest BCUT2D eigenvalue weighted by molar-refractivity contribution is 9.09. The average molecular weight is 533 g/mol. The first kappa shape index (κ1) is 20.9. The topological polar surface area (TPSA) is 37.4 Å². The van der Waals surface area contributed by atoms with E-state index < -0.39 is 44.7 Å². The van der Waals surface area contributed by atoms with Crippen LogP contribution in [-0.2, 0) is 20.1 Å². The molecule has 166 valence electrons. The maximum atomic E-state index is 13.8. The maximum Gasteiger partial charge on any atom is 0.417 e. The Morgan fingerprint density at radius 2 is 1.45 bits per heavy atom. The number of benzene rings is 3. The van der Waals surface area contributed by atoms with Crippen molar-refractivity contribution >= 4 is 45.0 Å². The second kappa shape index (κ2) is 6.70. The third-order valence-electron chi connectivity index (χ3n) is 7.03. The molecule has 33 heavy (non-hydrogen) atoms. The standard InChI is InChI=1S/C25H14BrClF3NO2/c26-24-15-7-3-1-5-13(15)19(14-6-2-4-8-16(14)24)20-21(24)23(33)31(22(20)32)12-9-10-18(27)17(11-12)25(28,29)30/h1-11,19-21H/t19?,20-,21-,24?/m1/s1. The second-order valence-corrected chi connectivity index (χ2v) is 10.2. The number of imide groups is 1. The molecule has 3 aromatic rings. The molecular formula is C25H14BrClF3NO2. The zero-order valence-electron chi connectivity index (χ0n) is 16.7. The van der Waals surface area contributed by atoms with Gasteiger partial charge < -0.3 is 0 Å². The van der Waals surface area contributed by atoms with Crippen LogP contribution >= 0.6 is 27.5 Å². The Bertz CT molecular complexity index is 1320. The molecule has 0 saturated carbocycles. The first-order valence-corrected chi connectivity index (χ1v) is 11.4. The van der Waals surface area contributed by atoms with Crippen LogP contribution in [0.5, 0.6) is 0 Å². The summed E-state index contributed by atoms with van der Waals surface area (Å²) < 4.78 is 39.5. The van der Waals surface area contributed by atoms with Crippen molar-refractivity contribution in [3.63, 3.8) is 0 Å². The van der Waals surface area contributed by atoms with Gasteiger partial charge in [-0.15, -0.1) is 0 Å². The Kier molecular flexibility index (Phi) is 4.25. The van der Waals surface area contributed by atoms with Gasteiger partial charge in [0.2, 0.25) is 11.8 Å². The van der Waals surface area contributed by atoms with E-state index in [2.05, 4.69) is 15.9 Å². The van der Waals surface area contributed by atoms with Crippen LogP contribution in [0, 0.1) is 11.8 Å². The van der Waals surface area contributed by atoms with Gasteiger partial charge in [0.15, 0.2) is 0 Å². The fourth-order valence-corrected chi connectivity index (χ4v) is 7.23. The largest absolute Gasteiger partial charge is 0.417 e. The van der Waals surface area contributed by atoms with E-state index in [0.717, 1.165) is 39.3 Å². The summed E-state index contributed by atoms with van der Waals surface area (Å²) in [7, 11) is 0. The van der Waals surface area contributed by atoms with Gasteiger partial charge in [0.1, 0.15) is 0 Å². The van der Waals surface area contributed by atoms with Crippen LogP contribution in [0.4, 0.5) is 18.9 Å². The van der Waals surface area contributed by atoms with Gasteiger partial charge in [0.25, 0.3) is 0 Å². The summed E-state index contributed by atoms with van der Waals surface area (Å²) >= 11 is 9.63. The van der Waals surface area contributed by atoms with E-state index in [9.17, 15) is 22.8 Å². The lowest BCUT2D eigenvalue weighted by Crippen LogP contribution is -2.50. The van der Waals surface area contributed by atoms with Gasteiger partial charge >= 0.3 is 6.18 Å². The molecule has 3 nitrogen and oxygen atoms in total. The summed E-state index contributed by atoms with van der Waals surface area (Å²) in [6, 6.07) is 18.5. The smallest absolute Gasteiger partial charge is 0.274 e. The molecule has 2 bridgehead atoms. The highest BCUT2D eigenvalue weighted by Gasteiger charge is 2.67. The van der Waals surface area contributed by atoms with E-state index in [4.69, 9.17) is 11.6 Å². The number of rotatable bonds is 1. The van der Waals surface area contributed by atoms with Crippen molar-refractivity contribution in [2.75, 3.05) is 4.90 Å². The van der Waals surface area contributed by atoms with E-state index in [-0.39, 0.29) is 11.6 Å². The van der Waals surface area contributed by atoms with E-state index in [1.54, 1.807) is 0 Å². The molecule has 0 unspecified atom stereocenters. The van der Waals surface area contributed by atoms with Crippen molar-refractivity contribution in [3.05, 3.63) is 99.6 Å². The minimum absolute atomic E-state index is 0.125. The fourth-order valence-electron chi connectivity index (χ4n) is 5.80. The number of nitrogens with zero attached hydrogens (tertiary/aromatic N) is 1. The molecular weight excluding hydrogens is 519 g/mol. The highest BCUT2D eigenvalue weighted by atomic mass is 79.9. The number of carbonyl (C=O) groups is 2. The van der Waals surface area contributed by atoms with Gasteiger partial charge in [-0.3, -0.25) is 9.59 Å². The van der Waals surface area contributed by atoms with Crippen molar-refractivity contribution in [2.45, 2.75) is 16.4 Å². The molecule has 4 aliphatic rings. The zero-order valence-corrected chi connectivity index (χ0v) is 19.1.